The van der Waals surface area contributed by atoms with Crippen molar-refractivity contribution in [2.75, 3.05) is 12.0 Å². The van der Waals surface area contributed by atoms with Crippen LogP contribution in [0.3, 0.4) is 0 Å². The molecule has 7 nitrogen and oxygen atoms in total. The Morgan fingerprint density at radius 1 is 1.09 bits per heavy atom. The van der Waals surface area contributed by atoms with Crippen LogP contribution in [0.2, 0.25) is 0 Å². The molecule has 2 aromatic carbocycles. The number of esters is 1. The van der Waals surface area contributed by atoms with Gasteiger partial charge in [0.2, 0.25) is 11.8 Å². The molecule has 2 aliphatic rings. The molecule has 2 aromatic rings. The molecule has 4 rings (SSSR count). The zero-order valence-electron chi connectivity index (χ0n) is 18.5. The van der Waals surface area contributed by atoms with Crippen molar-refractivity contribution in [3.05, 3.63) is 59.7 Å². The van der Waals surface area contributed by atoms with Crippen molar-refractivity contribution in [1.29, 1.82) is 0 Å². The zero-order chi connectivity index (χ0) is 23.0. The number of unbranched alkanes of at least 4 members (excludes halogenated alkanes) is 1. The molecule has 168 valence electrons. The van der Waals surface area contributed by atoms with Crippen LogP contribution in [0, 0.1) is 18.8 Å². The number of ether oxygens (including phenoxy) is 1. The lowest BCUT2D eigenvalue weighted by Gasteiger charge is -2.32. The first-order chi connectivity index (χ1) is 15.3. The molecule has 2 amide bonds. The molecule has 0 bridgehead atoms. The van der Waals surface area contributed by atoms with Crippen molar-refractivity contribution >= 4 is 23.5 Å². The number of carbonyl (C=O) groups excluding carboxylic acids is 3. The molecule has 7 heteroatoms. The fourth-order valence-electron chi connectivity index (χ4n) is 5.08. The summed E-state index contributed by atoms with van der Waals surface area (Å²) in [6.07, 6.45) is 1.90. The van der Waals surface area contributed by atoms with E-state index in [9.17, 15) is 19.5 Å². The Kier molecular flexibility index (Phi) is 5.77. The molecule has 2 aliphatic heterocycles. The quantitative estimate of drug-likeness (QED) is 0.533. The molecule has 0 spiro atoms. The molecule has 0 unspecified atom stereocenters. The van der Waals surface area contributed by atoms with Gasteiger partial charge in [-0.25, -0.2) is 4.90 Å². The van der Waals surface area contributed by atoms with Gasteiger partial charge >= 0.3 is 5.97 Å². The SMILES string of the molecule is CCCC[C@@]1(C(=O)OC)N[C@@H](c2ccc(O)cc2)[C@H]2C(=O)N(c3ccc(C)cc3)C(=O)[C@@H]21. The lowest BCUT2D eigenvalue weighted by molar-refractivity contribution is -0.152. The number of amides is 2. The third-order valence-electron chi connectivity index (χ3n) is 6.67. The highest BCUT2D eigenvalue weighted by Crippen LogP contribution is 2.51. The molecular weight excluding hydrogens is 408 g/mol. The summed E-state index contributed by atoms with van der Waals surface area (Å²) in [5, 5.41) is 13.1. The Morgan fingerprint density at radius 3 is 2.34 bits per heavy atom. The summed E-state index contributed by atoms with van der Waals surface area (Å²) in [6, 6.07) is 13.1. The van der Waals surface area contributed by atoms with Crippen molar-refractivity contribution in [3.63, 3.8) is 0 Å². The van der Waals surface area contributed by atoms with E-state index in [1.807, 2.05) is 26.0 Å². The summed E-state index contributed by atoms with van der Waals surface area (Å²) >= 11 is 0. The maximum atomic E-state index is 13.7. The van der Waals surface area contributed by atoms with Gasteiger partial charge in [-0.1, -0.05) is 49.6 Å². The van der Waals surface area contributed by atoms with E-state index >= 15 is 0 Å². The third-order valence-corrected chi connectivity index (χ3v) is 6.67. The number of hydrogen-bond acceptors (Lipinski definition) is 6. The van der Waals surface area contributed by atoms with E-state index in [0.29, 0.717) is 18.5 Å². The van der Waals surface area contributed by atoms with Crippen LogP contribution in [-0.2, 0) is 19.1 Å². The Labute approximate surface area is 187 Å². The van der Waals surface area contributed by atoms with Crippen LogP contribution in [0.1, 0.15) is 43.4 Å². The topological polar surface area (TPSA) is 95.9 Å². The van der Waals surface area contributed by atoms with Gasteiger partial charge < -0.3 is 9.84 Å². The van der Waals surface area contributed by atoms with Gasteiger partial charge in [0.05, 0.1) is 24.6 Å². The number of rotatable bonds is 6. The van der Waals surface area contributed by atoms with Crippen LogP contribution < -0.4 is 10.2 Å². The van der Waals surface area contributed by atoms with Crippen molar-refractivity contribution < 1.29 is 24.2 Å². The van der Waals surface area contributed by atoms with Crippen LogP contribution >= 0.6 is 0 Å². The molecule has 0 radical (unpaired) electrons. The first-order valence-electron chi connectivity index (χ1n) is 10.9. The van der Waals surface area contributed by atoms with Crippen LogP contribution in [-0.4, -0.2) is 35.5 Å². The number of carbonyl (C=O) groups is 3. The van der Waals surface area contributed by atoms with Crippen LogP contribution in [0.4, 0.5) is 5.69 Å². The predicted octanol–water partition coefficient (Wildman–Crippen LogP) is 3.25. The number of anilines is 1. The number of hydrogen-bond donors (Lipinski definition) is 2. The first kappa shape index (κ1) is 22.0. The number of nitrogens with one attached hydrogen (secondary N) is 1. The van der Waals surface area contributed by atoms with Crippen molar-refractivity contribution in [1.82, 2.24) is 5.32 Å². The highest BCUT2D eigenvalue weighted by atomic mass is 16.5. The minimum atomic E-state index is -1.30. The molecule has 32 heavy (non-hydrogen) atoms. The average Bonchev–Trinajstić information content (AvgIpc) is 3.27. The standard InChI is InChI=1S/C25H28N2O5/c1-4-5-14-25(24(31)32-3)20-19(21(26-25)16-8-12-18(28)13-9-16)22(29)27(23(20)30)17-10-6-15(2)7-11-17/h6-13,19-21,26,28H,4-5,14H2,1-3H3/t19-,20+,21-,25+/m0/s1. The van der Waals surface area contributed by atoms with Gasteiger partial charge in [0.1, 0.15) is 11.3 Å². The number of nitrogens with zero attached hydrogens (tertiary/aromatic N) is 1. The Morgan fingerprint density at radius 2 is 1.75 bits per heavy atom. The number of aryl methyl sites for hydroxylation is 1. The summed E-state index contributed by atoms with van der Waals surface area (Å²) in [5.41, 5.74) is 0.943. The number of imide groups is 1. The van der Waals surface area contributed by atoms with E-state index in [4.69, 9.17) is 4.74 Å². The second-order valence-corrected chi connectivity index (χ2v) is 8.63. The van der Waals surface area contributed by atoms with Crippen LogP contribution in [0.5, 0.6) is 5.75 Å². The Hall–Kier alpha value is -3.19. The van der Waals surface area contributed by atoms with Crippen LogP contribution in [0.15, 0.2) is 48.5 Å². The smallest absolute Gasteiger partial charge is 0.326 e. The summed E-state index contributed by atoms with van der Waals surface area (Å²) in [7, 11) is 1.31. The highest BCUT2D eigenvalue weighted by molar-refractivity contribution is 6.24. The molecule has 2 N–H and O–H groups in total. The fraction of sp³-hybridized carbons (Fsp3) is 0.400. The Bertz CT molecular complexity index is 1030. The number of methoxy groups -OCH3 is 1. The molecule has 0 aliphatic carbocycles. The van der Waals surface area contributed by atoms with E-state index in [1.165, 1.54) is 24.1 Å². The Balaban J connectivity index is 1.85. The molecule has 2 saturated heterocycles. The number of phenolic OH excluding ortho intramolecular Hbond substituents is 1. The van der Waals surface area contributed by atoms with Gasteiger partial charge in [0.15, 0.2) is 0 Å². The third kappa shape index (κ3) is 3.37. The summed E-state index contributed by atoms with van der Waals surface area (Å²) in [5.74, 6) is -2.80. The van der Waals surface area contributed by atoms with E-state index in [-0.39, 0.29) is 17.6 Å². The van der Waals surface area contributed by atoms with E-state index < -0.39 is 29.4 Å². The normalized spacial score (nSPS) is 27.0. The number of fused-ring (bicyclic) bond motifs is 1. The average molecular weight is 437 g/mol. The minimum absolute atomic E-state index is 0.101. The highest BCUT2D eigenvalue weighted by Gasteiger charge is 2.68. The molecule has 0 saturated carbocycles. The van der Waals surface area contributed by atoms with Crippen molar-refractivity contribution in [2.24, 2.45) is 11.8 Å². The number of benzene rings is 2. The molecule has 2 heterocycles. The second kappa shape index (κ2) is 8.39. The lowest BCUT2D eigenvalue weighted by Crippen LogP contribution is -2.56. The van der Waals surface area contributed by atoms with Gasteiger partial charge in [-0.2, -0.15) is 0 Å². The maximum Gasteiger partial charge on any atom is 0.326 e. The van der Waals surface area contributed by atoms with Crippen molar-refractivity contribution in [3.8, 4) is 5.75 Å². The maximum absolute atomic E-state index is 13.7. The summed E-state index contributed by atoms with van der Waals surface area (Å²) in [4.78, 5) is 41.8. The van der Waals surface area contributed by atoms with Gasteiger partial charge in [0.25, 0.3) is 0 Å². The van der Waals surface area contributed by atoms with E-state index in [2.05, 4.69) is 5.32 Å². The summed E-state index contributed by atoms with van der Waals surface area (Å²) < 4.78 is 5.16. The van der Waals surface area contributed by atoms with E-state index in [1.54, 1.807) is 24.3 Å². The monoisotopic (exact) mass is 436 g/mol. The fourth-order valence-corrected chi connectivity index (χ4v) is 5.08. The summed E-state index contributed by atoms with van der Waals surface area (Å²) in [6.45, 7) is 3.94. The van der Waals surface area contributed by atoms with Crippen molar-refractivity contribution in [2.45, 2.75) is 44.7 Å². The van der Waals surface area contributed by atoms with Gasteiger partial charge in [-0.15, -0.1) is 0 Å². The predicted molar refractivity (Wildman–Crippen MR) is 119 cm³/mol. The first-order valence-corrected chi connectivity index (χ1v) is 10.9. The molecular formula is C25H28N2O5. The zero-order valence-corrected chi connectivity index (χ0v) is 18.5. The molecule has 0 aromatic heterocycles. The number of phenols is 1. The van der Waals surface area contributed by atoms with Gasteiger partial charge in [0, 0.05) is 6.04 Å². The minimum Gasteiger partial charge on any atom is -0.508 e. The van der Waals surface area contributed by atoms with Gasteiger partial charge in [-0.3, -0.25) is 19.7 Å². The largest absolute Gasteiger partial charge is 0.508 e. The molecule has 2 fully saturated rings. The molecule has 4 atom stereocenters. The lowest BCUT2D eigenvalue weighted by atomic mass is 9.76. The second-order valence-electron chi connectivity index (χ2n) is 8.63. The number of aromatic hydroxyl groups is 1. The van der Waals surface area contributed by atoms with Crippen LogP contribution in [0.25, 0.3) is 0 Å². The van der Waals surface area contributed by atoms with Gasteiger partial charge in [-0.05, 0) is 43.2 Å². The van der Waals surface area contributed by atoms with E-state index in [0.717, 1.165) is 17.5 Å².